The summed E-state index contributed by atoms with van der Waals surface area (Å²) in [6, 6.07) is 8.15. The number of aryl methyl sites for hydroxylation is 1. The second-order valence-electron chi connectivity index (χ2n) is 8.05. The quantitative estimate of drug-likeness (QED) is 0.349. The predicted molar refractivity (Wildman–Crippen MR) is 134 cm³/mol. The molecule has 0 radical (unpaired) electrons. The lowest BCUT2D eigenvalue weighted by Crippen LogP contribution is -2.55. The van der Waals surface area contributed by atoms with Crippen LogP contribution >= 0.6 is 24.0 Å². The molecule has 1 amide bonds. The highest BCUT2D eigenvalue weighted by Gasteiger charge is 2.30. The lowest BCUT2D eigenvalue weighted by atomic mass is 10.1. The molecule has 1 unspecified atom stereocenters. The van der Waals surface area contributed by atoms with Gasteiger partial charge in [0.25, 0.3) is 5.91 Å². The standard InChI is InChI=1S/C23H31N5O3.HI/c1-17-5-7-18(8-6-17)21-26-19(16-31-21)9-10-25-23(24-2)28-13-11-27(12-14-28)22(29)20-4-3-15-30-20;/h5-8,16,20H,3-4,9-15H2,1-2H3,(H,24,25);1H. The van der Waals surface area contributed by atoms with E-state index in [9.17, 15) is 4.79 Å². The van der Waals surface area contributed by atoms with Crippen LogP contribution < -0.4 is 5.32 Å². The van der Waals surface area contributed by atoms with Crippen molar-refractivity contribution in [3.8, 4) is 11.5 Å². The van der Waals surface area contributed by atoms with Crippen LogP contribution in [0.4, 0.5) is 0 Å². The fourth-order valence-corrected chi connectivity index (χ4v) is 4.00. The van der Waals surface area contributed by atoms with Gasteiger partial charge in [-0.15, -0.1) is 24.0 Å². The summed E-state index contributed by atoms with van der Waals surface area (Å²) < 4.78 is 11.2. The van der Waals surface area contributed by atoms with Gasteiger partial charge in [0.2, 0.25) is 5.89 Å². The molecule has 1 atom stereocenters. The van der Waals surface area contributed by atoms with Crippen LogP contribution in [0, 0.1) is 6.92 Å². The minimum atomic E-state index is -0.240. The van der Waals surface area contributed by atoms with Crippen LogP contribution in [0.1, 0.15) is 24.1 Å². The number of amides is 1. The van der Waals surface area contributed by atoms with Gasteiger partial charge in [0.1, 0.15) is 12.4 Å². The van der Waals surface area contributed by atoms with E-state index in [1.807, 2.05) is 17.0 Å². The predicted octanol–water partition coefficient (Wildman–Crippen LogP) is 2.71. The number of halogens is 1. The van der Waals surface area contributed by atoms with Crippen LogP contribution in [0.25, 0.3) is 11.5 Å². The van der Waals surface area contributed by atoms with E-state index >= 15 is 0 Å². The molecule has 1 N–H and O–H groups in total. The van der Waals surface area contributed by atoms with Crippen molar-refractivity contribution in [3.63, 3.8) is 0 Å². The number of nitrogens with zero attached hydrogens (tertiary/aromatic N) is 4. The molecular formula is C23H32IN5O3. The van der Waals surface area contributed by atoms with Crippen LogP contribution in [-0.4, -0.2) is 79.1 Å². The van der Waals surface area contributed by atoms with Gasteiger partial charge in [0.15, 0.2) is 5.96 Å². The van der Waals surface area contributed by atoms with Gasteiger partial charge >= 0.3 is 0 Å². The Kier molecular flexibility index (Phi) is 8.92. The molecule has 0 spiro atoms. The lowest BCUT2D eigenvalue weighted by molar-refractivity contribution is -0.142. The molecule has 1 aromatic heterocycles. The van der Waals surface area contributed by atoms with E-state index in [2.05, 4.69) is 39.2 Å². The molecule has 2 aliphatic rings. The Morgan fingerprint density at radius 2 is 1.91 bits per heavy atom. The Morgan fingerprint density at radius 1 is 1.19 bits per heavy atom. The van der Waals surface area contributed by atoms with Gasteiger partial charge in [-0.1, -0.05) is 17.7 Å². The van der Waals surface area contributed by atoms with E-state index in [-0.39, 0.29) is 36.0 Å². The third kappa shape index (κ3) is 6.00. The number of carbonyl (C=O) groups excluding carboxylic acids is 1. The van der Waals surface area contributed by atoms with E-state index in [0.717, 1.165) is 49.6 Å². The summed E-state index contributed by atoms with van der Waals surface area (Å²) >= 11 is 0. The van der Waals surface area contributed by atoms with Crippen LogP contribution in [0.15, 0.2) is 39.9 Å². The Hall–Kier alpha value is -2.14. The second-order valence-corrected chi connectivity index (χ2v) is 8.05. The summed E-state index contributed by atoms with van der Waals surface area (Å²) in [6.45, 7) is 6.39. The topological polar surface area (TPSA) is 83.2 Å². The number of aliphatic imine (C=N–C) groups is 1. The molecule has 3 heterocycles. The lowest BCUT2D eigenvalue weighted by Gasteiger charge is -2.37. The molecular weight excluding hydrogens is 521 g/mol. The van der Waals surface area contributed by atoms with Crippen molar-refractivity contribution in [2.45, 2.75) is 32.3 Å². The minimum Gasteiger partial charge on any atom is -0.444 e. The molecule has 2 saturated heterocycles. The number of carbonyl (C=O) groups is 1. The summed E-state index contributed by atoms with van der Waals surface area (Å²) in [5.41, 5.74) is 3.10. The first kappa shape index (κ1) is 24.5. The van der Waals surface area contributed by atoms with Crippen molar-refractivity contribution in [3.05, 3.63) is 41.8 Å². The van der Waals surface area contributed by atoms with Crippen molar-refractivity contribution in [2.75, 3.05) is 46.4 Å². The number of piperazine rings is 1. The fraction of sp³-hybridized carbons (Fsp3) is 0.522. The van der Waals surface area contributed by atoms with Crippen LogP contribution in [0.5, 0.6) is 0 Å². The smallest absolute Gasteiger partial charge is 0.251 e. The van der Waals surface area contributed by atoms with Crippen molar-refractivity contribution in [2.24, 2.45) is 4.99 Å². The van der Waals surface area contributed by atoms with E-state index < -0.39 is 0 Å². The number of hydrogen-bond acceptors (Lipinski definition) is 5. The normalized spacial score (nSPS) is 19.1. The van der Waals surface area contributed by atoms with Crippen molar-refractivity contribution >= 4 is 35.8 Å². The Labute approximate surface area is 206 Å². The molecule has 4 rings (SSSR count). The number of guanidine groups is 1. The summed E-state index contributed by atoms with van der Waals surface area (Å²) in [4.78, 5) is 25.6. The SMILES string of the molecule is CN=C(NCCc1coc(-c2ccc(C)cc2)n1)N1CCN(C(=O)C2CCCO2)CC1.I. The summed E-state index contributed by atoms with van der Waals surface area (Å²) in [5, 5.41) is 3.41. The second kappa shape index (κ2) is 11.6. The molecule has 1 aromatic carbocycles. The molecule has 174 valence electrons. The molecule has 0 bridgehead atoms. The first-order chi connectivity index (χ1) is 15.1. The summed E-state index contributed by atoms with van der Waals surface area (Å²) in [6.07, 6.45) is 4.04. The Morgan fingerprint density at radius 3 is 2.56 bits per heavy atom. The van der Waals surface area contributed by atoms with E-state index in [0.29, 0.717) is 32.1 Å². The van der Waals surface area contributed by atoms with E-state index in [1.54, 1.807) is 13.3 Å². The van der Waals surface area contributed by atoms with Gasteiger partial charge in [-0.05, 0) is 31.9 Å². The number of oxazole rings is 1. The molecule has 2 fully saturated rings. The molecule has 8 nitrogen and oxygen atoms in total. The number of nitrogens with one attached hydrogen (secondary N) is 1. The largest absolute Gasteiger partial charge is 0.444 e. The van der Waals surface area contributed by atoms with Gasteiger partial charge in [-0.2, -0.15) is 0 Å². The molecule has 32 heavy (non-hydrogen) atoms. The highest BCUT2D eigenvalue weighted by atomic mass is 127. The highest BCUT2D eigenvalue weighted by molar-refractivity contribution is 14.0. The van der Waals surface area contributed by atoms with Crippen molar-refractivity contribution in [1.82, 2.24) is 20.1 Å². The van der Waals surface area contributed by atoms with Gasteiger partial charge in [-0.3, -0.25) is 9.79 Å². The third-order valence-electron chi connectivity index (χ3n) is 5.82. The maximum absolute atomic E-state index is 12.5. The molecule has 0 saturated carbocycles. The minimum absolute atomic E-state index is 0. The Balaban J connectivity index is 0.00000289. The highest BCUT2D eigenvalue weighted by Crippen LogP contribution is 2.19. The monoisotopic (exact) mass is 553 g/mol. The fourth-order valence-electron chi connectivity index (χ4n) is 4.00. The van der Waals surface area contributed by atoms with Crippen LogP contribution in [0.3, 0.4) is 0 Å². The zero-order valence-electron chi connectivity index (χ0n) is 18.7. The molecule has 2 aliphatic heterocycles. The zero-order chi connectivity index (χ0) is 21.6. The average Bonchev–Trinajstić information content (AvgIpc) is 3.50. The number of aromatic nitrogens is 1. The number of benzene rings is 1. The van der Waals surface area contributed by atoms with Gasteiger partial charge in [0.05, 0.1) is 5.69 Å². The molecule has 9 heteroatoms. The van der Waals surface area contributed by atoms with Gasteiger partial charge < -0.3 is 24.3 Å². The summed E-state index contributed by atoms with van der Waals surface area (Å²) in [5.74, 6) is 1.63. The van der Waals surface area contributed by atoms with E-state index in [4.69, 9.17) is 9.15 Å². The maximum Gasteiger partial charge on any atom is 0.251 e. The zero-order valence-corrected chi connectivity index (χ0v) is 21.1. The first-order valence-corrected chi connectivity index (χ1v) is 11.0. The average molecular weight is 553 g/mol. The van der Waals surface area contributed by atoms with Crippen molar-refractivity contribution < 1.29 is 13.9 Å². The maximum atomic E-state index is 12.5. The molecule has 0 aliphatic carbocycles. The van der Waals surface area contributed by atoms with Crippen LogP contribution in [0.2, 0.25) is 0 Å². The first-order valence-electron chi connectivity index (χ1n) is 11.0. The van der Waals surface area contributed by atoms with Gasteiger partial charge in [0, 0.05) is 58.4 Å². The number of ether oxygens (including phenoxy) is 1. The van der Waals surface area contributed by atoms with Gasteiger partial charge in [-0.25, -0.2) is 4.98 Å². The number of rotatable bonds is 5. The van der Waals surface area contributed by atoms with Crippen LogP contribution in [-0.2, 0) is 16.0 Å². The molecule has 2 aromatic rings. The van der Waals surface area contributed by atoms with E-state index in [1.165, 1.54) is 5.56 Å². The number of hydrogen-bond donors (Lipinski definition) is 1. The third-order valence-corrected chi connectivity index (χ3v) is 5.82. The van der Waals surface area contributed by atoms with Crippen molar-refractivity contribution in [1.29, 1.82) is 0 Å². The summed E-state index contributed by atoms with van der Waals surface area (Å²) in [7, 11) is 1.79. The Bertz CT molecular complexity index is 901.